The summed E-state index contributed by atoms with van der Waals surface area (Å²) in [5.41, 5.74) is 2.82. The predicted octanol–water partition coefficient (Wildman–Crippen LogP) is 2.36. The minimum atomic E-state index is 0.0549. The average molecular weight is 368 g/mol. The zero-order valence-electron chi connectivity index (χ0n) is 15.5. The van der Waals surface area contributed by atoms with Crippen molar-refractivity contribution in [1.29, 1.82) is 0 Å². The minimum absolute atomic E-state index is 0.0549. The monoisotopic (exact) mass is 368 g/mol. The molecule has 0 N–H and O–H groups in total. The summed E-state index contributed by atoms with van der Waals surface area (Å²) >= 11 is 0. The Labute approximate surface area is 159 Å². The number of rotatable bonds is 4. The van der Waals surface area contributed by atoms with Crippen molar-refractivity contribution in [1.82, 2.24) is 9.88 Å². The van der Waals surface area contributed by atoms with Gasteiger partial charge in [-0.25, -0.2) is 0 Å². The fraction of sp³-hybridized carbons (Fsp3) is 0.429. The van der Waals surface area contributed by atoms with Gasteiger partial charge in [0, 0.05) is 42.5 Å². The quantitative estimate of drug-likeness (QED) is 0.829. The summed E-state index contributed by atoms with van der Waals surface area (Å²) in [5.74, 6) is 2.10. The summed E-state index contributed by atoms with van der Waals surface area (Å²) in [7, 11) is 1.66. The van der Waals surface area contributed by atoms with E-state index < -0.39 is 0 Å². The second-order valence-corrected chi connectivity index (χ2v) is 7.00. The van der Waals surface area contributed by atoms with E-state index >= 15 is 0 Å². The van der Waals surface area contributed by atoms with E-state index in [2.05, 4.69) is 11.1 Å². The standard InChI is InChI=1S/C21H24N2O4/c1-25-19-3-2-16-10-15(14-27-20(16)13-19)11-18-12-17(4-5-22-18)21(24)23-6-8-26-9-7-23/h2-5,12-13,15H,6-11,14H2,1H3/t15-/m1/s1. The highest BCUT2D eigenvalue weighted by Gasteiger charge is 2.23. The second-order valence-electron chi connectivity index (χ2n) is 7.00. The third-order valence-corrected chi connectivity index (χ3v) is 5.12. The molecule has 0 spiro atoms. The molecule has 2 aliphatic rings. The van der Waals surface area contributed by atoms with Crippen LogP contribution in [0.25, 0.3) is 0 Å². The number of aromatic nitrogens is 1. The lowest BCUT2D eigenvalue weighted by Gasteiger charge is -2.27. The smallest absolute Gasteiger partial charge is 0.254 e. The summed E-state index contributed by atoms with van der Waals surface area (Å²) in [4.78, 5) is 19.0. The fourth-order valence-corrected chi connectivity index (χ4v) is 3.64. The van der Waals surface area contributed by atoms with Crippen LogP contribution < -0.4 is 9.47 Å². The zero-order valence-corrected chi connectivity index (χ0v) is 15.5. The first-order valence-corrected chi connectivity index (χ1v) is 9.34. The molecule has 6 nitrogen and oxygen atoms in total. The first-order valence-electron chi connectivity index (χ1n) is 9.34. The second kappa shape index (κ2) is 7.96. The van der Waals surface area contributed by atoms with Gasteiger partial charge in [0.25, 0.3) is 5.91 Å². The number of morpholine rings is 1. The van der Waals surface area contributed by atoms with Gasteiger partial charge in [-0.05, 0) is 36.6 Å². The number of ether oxygens (including phenoxy) is 3. The van der Waals surface area contributed by atoms with E-state index in [0.29, 0.717) is 44.4 Å². The highest BCUT2D eigenvalue weighted by atomic mass is 16.5. The van der Waals surface area contributed by atoms with Crippen LogP contribution in [-0.2, 0) is 17.6 Å². The fourth-order valence-electron chi connectivity index (χ4n) is 3.64. The van der Waals surface area contributed by atoms with E-state index in [1.54, 1.807) is 19.4 Å². The van der Waals surface area contributed by atoms with Crippen molar-refractivity contribution in [3.8, 4) is 11.5 Å². The Bertz CT molecular complexity index is 818. The molecule has 0 radical (unpaired) electrons. The molecule has 6 heteroatoms. The maximum atomic E-state index is 12.7. The first kappa shape index (κ1) is 17.8. The predicted molar refractivity (Wildman–Crippen MR) is 100 cm³/mol. The van der Waals surface area contributed by atoms with Gasteiger partial charge in [0.15, 0.2) is 0 Å². The Hall–Kier alpha value is -2.60. The Morgan fingerprint density at radius 3 is 2.93 bits per heavy atom. The van der Waals surface area contributed by atoms with Crippen LogP contribution in [0.3, 0.4) is 0 Å². The number of benzene rings is 1. The van der Waals surface area contributed by atoms with Crippen molar-refractivity contribution >= 4 is 5.91 Å². The molecule has 1 saturated heterocycles. The van der Waals surface area contributed by atoms with Crippen molar-refractivity contribution < 1.29 is 19.0 Å². The van der Waals surface area contributed by atoms with E-state index in [9.17, 15) is 4.79 Å². The number of carbonyl (C=O) groups excluding carboxylic acids is 1. The van der Waals surface area contributed by atoms with Crippen molar-refractivity contribution in [3.63, 3.8) is 0 Å². The van der Waals surface area contributed by atoms with E-state index in [-0.39, 0.29) is 5.91 Å². The number of carbonyl (C=O) groups is 1. The molecule has 0 bridgehead atoms. The van der Waals surface area contributed by atoms with E-state index in [1.807, 2.05) is 23.1 Å². The summed E-state index contributed by atoms with van der Waals surface area (Å²) in [6, 6.07) is 9.67. The summed E-state index contributed by atoms with van der Waals surface area (Å²) < 4.78 is 16.5. The summed E-state index contributed by atoms with van der Waals surface area (Å²) in [6.45, 7) is 3.14. The van der Waals surface area contributed by atoms with Gasteiger partial charge in [-0.1, -0.05) is 6.07 Å². The molecule has 1 aromatic carbocycles. The van der Waals surface area contributed by atoms with Crippen LogP contribution in [0.2, 0.25) is 0 Å². The lowest BCUT2D eigenvalue weighted by Crippen LogP contribution is -2.40. The van der Waals surface area contributed by atoms with Gasteiger partial charge in [0.1, 0.15) is 11.5 Å². The van der Waals surface area contributed by atoms with E-state index in [1.165, 1.54) is 5.56 Å². The Kier molecular flexibility index (Phi) is 5.25. The van der Waals surface area contributed by atoms with Crippen LogP contribution in [0, 0.1) is 5.92 Å². The Balaban J connectivity index is 1.43. The van der Waals surface area contributed by atoms with Crippen LogP contribution in [0.15, 0.2) is 36.5 Å². The van der Waals surface area contributed by atoms with Crippen LogP contribution >= 0.6 is 0 Å². The molecule has 1 aromatic heterocycles. The number of hydrogen-bond donors (Lipinski definition) is 0. The molecule has 1 atom stereocenters. The van der Waals surface area contributed by atoms with Gasteiger partial charge in [-0.15, -0.1) is 0 Å². The van der Waals surface area contributed by atoms with Gasteiger partial charge in [0.05, 0.1) is 26.9 Å². The van der Waals surface area contributed by atoms with Crippen LogP contribution in [0.1, 0.15) is 21.6 Å². The van der Waals surface area contributed by atoms with Crippen LogP contribution in [0.4, 0.5) is 0 Å². The Morgan fingerprint density at radius 1 is 1.26 bits per heavy atom. The SMILES string of the molecule is COc1ccc2c(c1)OC[C@@H](Cc1cc(C(=O)N3CCOCC3)ccn1)C2. The molecule has 0 unspecified atom stereocenters. The molecule has 2 aliphatic heterocycles. The van der Waals surface area contributed by atoms with E-state index in [4.69, 9.17) is 14.2 Å². The number of methoxy groups -OCH3 is 1. The molecule has 0 aliphatic carbocycles. The number of nitrogens with zero attached hydrogens (tertiary/aromatic N) is 2. The molecule has 4 rings (SSSR count). The molecule has 1 amide bonds. The van der Waals surface area contributed by atoms with Gasteiger partial charge in [-0.2, -0.15) is 0 Å². The third-order valence-electron chi connectivity index (χ3n) is 5.12. The molecule has 3 heterocycles. The first-order chi connectivity index (χ1) is 13.2. The number of amides is 1. The highest BCUT2D eigenvalue weighted by molar-refractivity contribution is 5.94. The van der Waals surface area contributed by atoms with Crippen molar-refractivity contribution in [2.24, 2.45) is 5.92 Å². The normalized spacial score (nSPS) is 19.1. The van der Waals surface area contributed by atoms with Gasteiger partial charge in [-0.3, -0.25) is 9.78 Å². The van der Waals surface area contributed by atoms with Gasteiger partial charge < -0.3 is 19.1 Å². The van der Waals surface area contributed by atoms with Gasteiger partial charge >= 0.3 is 0 Å². The minimum Gasteiger partial charge on any atom is -0.497 e. The van der Waals surface area contributed by atoms with Crippen molar-refractivity contribution in [3.05, 3.63) is 53.3 Å². The lowest BCUT2D eigenvalue weighted by atomic mass is 9.92. The molecule has 0 saturated carbocycles. The maximum absolute atomic E-state index is 12.7. The molecule has 142 valence electrons. The Morgan fingerprint density at radius 2 is 2.11 bits per heavy atom. The zero-order chi connectivity index (χ0) is 18.6. The summed E-state index contributed by atoms with van der Waals surface area (Å²) in [6.07, 6.45) is 3.45. The molecular weight excluding hydrogens is 344 g/mol. The molecular formula is C21H24N2O4. The average Bonchev–Trinajstić information content (AvgIpc) is 2.73. The lowest BCUT2D eigenvalue weighted by molar-refractivity contribution is 0.0302. The molecule has 1 fully saturated rings. The highest BCUT2D eigenvalue weighted by Crippen LogP contribution is 2.32. The number of hydrogen-bond acceptors (Lipinski definition) is 5. The van der Waals surface area contributed by atoms with Crippen molar-refractivity contribution in [2.45, 2.75) is 12.8 Å². The molecule has 27 heavy (non-hydrogen) atoms. The van der Waals surface area contributed by atoms with Crippen LogP contribution in [0.5, 0.6) is 11.5 Å². The van der Waals surface area contributed by atoms with Gasteiger partial charge in [0.2, 0.25) is 0 Å². The third kappa shape index (κ3) is 4.06. The summed E-state index contributed by atoms with van der Waals surface area (Å²) in [5, 5.41) is 0. The van der Waals surface area contributed by atoms with Crippen molar-refractivity contribution in [2.75, 3.05) is 40.0 Å². The molecule has 2 aromatic rings. The number of pyridine rings is 1. The van der Waals surface area contributed by atoms with Crippen LogP contribution in [-0.4, -0.2) is 55.8 Å². The maximum Gasteiger partial charge on any atom is 0.254 e. The number of fused-ring (bicyclic) bond motifs is 1. The largest absolute Gasteiger partial charge is 0.497 e. The topological polar surface area (TPSA) is 60.9 Å². The van der Waals surface area contributed by atoms with E-state index in [0.717, 1.165) is 30.0 Å².